The maximum atomic E-state index is 12.6. The first-order valence-electron chi connectivity index (χ1n) is 8.19. The summed E-state index contributed by atoms with van der Waals surface area (Å²) < 4.78 is 25.1. The second kappa shape index (κ2) is 5.86. The first-order chi connectivity index (χ1) is 11.5. The third-order valence-electron chi connectivity index (χ3n) is 4.91. The monoisotopic (exact) mass is 348 g/mol. The molecular weight excluding hydrogens is 328 g/mol. The zero-order valence-corrected chi connectivity index (χ0v) is 14.2. The van der Waals surface area contributed by atoms with Crippen LogP contribution >= 0.6 is 0 Å². The number of hydrogen-bond acceptors (Lipinski definition) is 5. The van der Waals surface area contributed by atoms with Crippen molar-refractivity contribution in [2.45, 2.75) is 12.5 Å². The molecule has 4 heterocycles. The maximum Gasteiger partial charge on any atom is 0.274 e. The zero-order chi connectivity index (χ0) is 16.7. The van der Waals surface area contributed by atoms with E-state index >= 15 is 0 Å². The average molecular weight is 348 g/mol. The molecule has 2 fully saturated rings. The van der Waals surface area contributed by atoms with Gasteiger partial charge in [0.1, 0.15) is 11.3 Å². The molecule has 2 saturated heterocycles. The predicted octanol–water partition coefficient (Wildman–Crippen LogP) is 0.279. The number of fused-ring (bicyclic) bond motifs is 1. The van der Waals surface area contributed by atoms with Crippen LogP contribution in [0.3, 0.4) is 0 Å². The lowest BCUT2D eigenvalue weighted by Gasteiger charge is -2.37. The highest BCUT2D eigenvalue weighted by Crippen LogP contribution is 2.20. The summed E-state index contributed by atoms with van der Waals surface area (Å²) in [6, 6.07) is 5.78. The summed E-state index contributed by atoms with van der Waals surface area (Å²) >= 11 is 0. The van der Waals surface area contributed by atoms with Crippen molar-refractivity contribution in [3.63, 3.8) is 0 Å². The van der Waals surface area contributed by atoms with Gasteiger partial charge in [0.15, 0.2) is 9.84 Å². The molecular formula is C16H20N4O3S. The second-order valence-electron chi connectivity index (χ2n) is 6.48. The number of imidazole rings is 1. The van der Waals surface area contributed by atoms with E-state index in [1.54, 1.807) is 6.20 Å². The number of carbonyl (C=O) groups is 1. The van der Waals surface area contributed by atoms with Crippen LogP contribution in [0, 0.1) is 0 Å². The van der Waals surface area contributed by atoms with Crippen molar-refractivity contribution in [1.82, 2.24) is 19.2 Å². The summed E-state index contributed by atoms with van der Waals surface area (Å²) in [6.07, 6.45) is 4.34. The van der Waals surface area contributed by atoms with Gasteiger partial charge in [0.05, 0.1) is 11.5 Å². The van der Waals surface area contributed by atoms with Gasteiger partial charge in [-0.2, -0.15) is 0 Å². The number of amides is 1. The third-order valence-corrected chi connectivity index (χ3v) is 6.66. The highest BCUT2D eigenvalue weighted by Gasteiger charge is 2.34. The van der Waals surface area contributed by atoms with Crippen LogP contribution in [0.5, 0.6) is 0 Å². The summed E-state index contributed by atoms with van der Waals surface area (Å²) in [7, 11) is -2.87. The molecule has 1 amide bonds. The maximum absolute atomic E-state index is 12.6. The largest absolute Gasteiger partial charge is 0.335 e. The average Bonchev–Trinajstić information content (AvgIpc) is 3.17. The molecule has 24 heavy (non-hydrogen) atoms. The molecule has 0 aliphatic carbocycles. The first-order valence-corrected chi connectivity index (χ1v) is 10.0. The lowest BCUT2D eigenvalue weighted by Crippen LogP contribution is -2.52. The van der Waals surface area contributed by atoms with Gasteiger partial charge >= 0.3 is 0 Å². The molecule has 2 aliphatic rings. The van der Waals surface area contributed by atoms with Crippen LogP contribution in [0.25, 0.3) is 5.65 Å². The molecule has 0 bridgehead atoms. The van der Waals surface area contributed by atoms with Crippen molar-refractivity contribution in [3.05, 3.63) is 36.3 Å². The summed E-state index contributed by atoms with van der Waals surface area (Å²) in [4.78, 5) is 21.0. The fourth-order valence-corrected chi connectivity index (χ4v) is 5.31. The Hall–Kier alpha value is -1.93. The van der Waals surface area contributed by atoms with E-state index in [9.17, 15) is 13.2 Å². The van der Waals surface area contributed by atoms with Crippen molar-refractivity contribution in [2.75, 3.05) is 37.7 Å². The van der Waals surface area contributed by atoms with Gasteiger partial charge in [-0.05, 0) is 18.6 Å². The number of carbonyl (C=O) groups excluding carboxylic acids is 1. The molecule has 0 aromatic carbocycles. The van der Waals surface area contributed by atoms with Crippen molar-refractivity contribution in [1.29, 1.82) is 0 Å². The number of pyridine rings is 1. The van der Waals surface area contributed by atoms with Gasteiger partial charge in [-0.1, -0.05) is 6.07 Å². The van der Waals surface area contributed by atoms with Gasteiger partial charge in [-0.3, -0.25) is 9.69 Å². The van der Waals surface area contributed by atoms with Crippen molar-refractivity contribution in [2.24, 2.45) is 0 Å². The third kappa shape index (κ3) is 2.91. The van der Waals surface area contributed by atoms with Crippen LogP contribution in [0.15, 0.2) is 30.6 Å². The fourth-order valence-electron chi connectivity index (χ4n) is 3.55. The molecule has 4 rings (SSSR count). The van der Waals surface area contributed by atoms with Crippen LogP contribution in [0.4, 0.5) is 0 Å². The molecule has 8 heteroatoms. The molecule has 0 spiro atoms. The minimum Gasteiger partial charge on any atom is -0.335 e. The van der Waals surface area contributed by atoms with E-state index < -0.39 is 9.84 Å². The molecule has 0 saturated carbocycles. The van der Waals surface area contributed by atoms with E-state index in [-0.39, 0.29) is 23.5 Å². The Balaban J connectivity index is 1.41. The van der Waals surface area contributed by atoms with E-state index in [4.69, 9.17) is 0 Å². The van der Waals surface area contributed by atoms with E-state index in [0.717, 1.165) is 18.7 Å². The second-order valence-corrected chi connectivity index (χ2v) is 8.71. The lowest BCUT2D eigenvalue weighted by atomic mass is 10.2. The van der Waals surface area contributed by atoms with E-state index in [2.05, 4.69) is 9.88 Å². The Morgan fingerprint density at radius 3 is 2.62 bits per heavy atom. The van der Waals surface area contributed by atoms with Crippen molar-refractivity contribution >= 4 is 21.4 Å². The van der Waals surface area contributed by atoms with Crippen LogP contribution in [0.2, 0.25) is 0 Å². The molecule has 1 atom stereocenters. The number of rotatable bonds is 2. The first kappa shape index (κ1) is 15.6. The van der Waals surface area contributed by atoms with Crippen molar-refractivity contribution < 1.29 is 13.2 Å². The van der Waals surface area contributed by atoms with Gasteiger partial charge in [0.2, 0.25) is 0 Å². The molecule has 128 valence electrons. The Morgan fingerprint density at radius 2 is 1.96 bits per heavy atom. The predicted molar refractivity (Wildman–Crippen MR) is 89.7 cm³/mol. The number of sulfone groups is 1. The van der Waals surface area contributed by atoms with E-state index in [1.807, 2.05) is 33.7 Å². The quantitative estimate of drug-likeness (QED) is 0.779. The van der Waals surface area contributed by atoms with Gasteiger partial charge < -0.3 is 9.30 Å². The number of piperazine rings is 1. The Kier molecular flexibility index (Phi) is 3.80. The Bertz CT molecular complexity index is 835. The fraction of sp³-hybridized carbons (Fsp3) is 0.500. The zero-order valence-electron chi connectivity index (χ0n) is 13.3. The summed E-state index contributed by atoms with van der Waals surface area (Å²) in [5.41, 5.74) is 1.22. The van der Waals surface area contributed by atoms with E-state index in [0.29, 0.717) is 25.2 Å². The molecule has 2 aliphatic heterocycles. The summed E-state index contributed by atoms with van der Waals surface area (Å²) in [5.74, 6) is 0.489. The van der Waals surface area contributed by atoms with Crippen LogP contribution in [0.1, 0.15) is 16.9 Å². The van der Waals surface area contributed by atoms with Crippen LogP contribution in [-0.4, -0.2) is 77.2 Å². The molecule has 2 aromatic rings. The number of aromatic nitrogens is 2. The normalized spacial score (nSPS) is 24.5. The number of nitrogens with zero attached hydrogens (tertiary/aromatic N) is 4. The minimum atomic E-state index is -2.87. The van der Waals surface area contributed by atoms with Gasteiger partial charge in [-0.15, -0.1) is 0 Å². The van der Waals surface area contributed by atoms with Gasteiger partial charge in [-0.25, -0.2) is 13.4 Å². The highest BCUT2D eigenvalue weighted by atomic mass is 32.2. The SMILES string of the molecule is O=C(c1cn2ccccc2n1)N1CCN([C@@H]2CCS(=O)(=O)C2)CC1. The molecule has 0 N–H and O–H groups in total. The lowest BCUT2D eigenvalue weighted by molar-refractivity contribution is 0.0583. The summed E-state index contributed by atoms with van der Waals surface area (Å²) in [6.45, 7) is 2.67. The Morgan fingerprint density at radius 1 is 1.17 bits per heavy atom. The highest BCUT2D eigenvalue weighted by molar-refractivity contribution is 7.91. The van der Waals surface area contributed by atoms with Crippen LogP contribution < -0.4 is 0 Å². The standard InChI is InChI=1S/C16H20N4O3S/c21-16(14-11-20-5-2-1-3-15(20)17-14)19-8-6-18(7-9-19)13-4-10-24(22,23)12-13/h1-3,5,11,13H,4,6-10,12H2/t13-/m1/s1. The number of hydrogen-bond donors (Lipinski definition) is 0. The van der Waals surface area contributed by atoms with Gasteiger partial charge in [0.25, 0.3) is 5.91 Å². The molecule has 7 nitrogen and oxygen atoms in total. The molecule has 0 unspecified atom stereocenters. The minimum absolute atomic E-state index is 0.0580. The van der Waals surface area contributed by atoms with E-state index in [1.165, 1.54) is 0 Å². The van der Waals surface area contributed by atoms with Crippen molar-refractivity contribution in [3.8, 4) is 0 Å². The molecule has 2 aromatic heterocycles. The molecule has 0 radical (unpaired) electrons. The smallest absolute Gasteiger partial charge is 0.274 e. The van der Waals surface area contributed by atoms with Gasteiger partial charge in [0, 0.05) is 44.6 Å². The van der Waals surface area contributed by atoms with Crippen LogP contribution in [-0.2, 0) is 9.84 Å². The topological polar surface area (TPSA) is 75.0 Å². The Labute approximate surface area is 140 Å². The summed E-state index contributed by atoms with van der Waals surface area (Å²) in [5, 5.41) is 0.